The van der Waals surface area contributed by atoms with Crippen LogP contribution in [0, 0.1) is 11.7 Å². The fourth-order valence-electron chi connectivity index (χ4n) is 2.26. The average Bonchev–Trinajstić information content (AvgIpc) is 2.29. The van der Waals surface area contributed by atoms with Crippen molar-refractivity contribution >= 4 is 0 Å². The van der Waals surface area contributed by atoms with Gasteiger partial charge in [-0.15, -0.1) is 0 Å². The van der Waals surface area contributed by atoms with Crippen molar-refractivity contribution in [3.63, 3.8) is 0 Å². The fourth-order valence-corrected chi connectivity index (χ4v) is 2.26. The number of aliphatic hydroxyl groups excluding tert-OH is 1. The third kappa shape index (κ3) is 2.36. The lowest BCUT2D eigenvalue weighted by Gasteiger charge is -2.31. The van der Waals surface area contributed by atoms with Gasteiger partial charge in [-0.2, -0.15) is 0 Å². The predicted molar refractivity (Wildman–Crippen MR) is 57.2 cm³/mol. The zero-order valence-corrected chi connectivity index (χ0v) is 8.62. The monoisotopic (exact) mass is 209 g/mol. The first-order valence-electron chi connectivity index (χ1n) is 5.38. The Balaban J connectivity index is 2.20. The van der Waals surface area contributed by atoms with Gasteiger partial charge in [-0.1, -0.05) is 12.1 Å². The highest BCUT2D eigenvalue weighted by molar-refractivity contribution is 5.22. The van der Waals surface area contributed by atoms with E-state index in [1.54, 1.807) is 12.1 Å². The van der Waals surface area contributed by atoms with Gasteiger partial charge in [0.2, 0.25) is 0 Å². The molecule has 1 heterocycles. The third-order valence-corrected chi connectivity index (χ3v) is 3.14. The van der Waals surface area contributed by atoms with E-state index < -0.39 is 0 Å². The summed E-state index contributed by atoms with van der Waals surface area (Å²) in [7, 11) is 0. The molecule has 1 aliphatic heterocycles. The molecule has 2 rings (SSSR count). The first kappa shape index (κ1) is 10.6. The SMILES string of the molecule is OCC1CCNCC1c1cccc(F)c1. The minimum absolute atomic E-state index is 0.183. The van der Waals surface area contributed by atoms with Crippen LogP contribution in [0.2, 0.25) is 0 Å². The molecule has 1 fully saturated rings. The molecular formula is C12H16FNO. The lowest BCUT2D eigenvalue weighted by Crippen LogP contribution is -2.36. The van der Waals surface area contributed by atoms with Gasteiger partial charge < -0.3 is 10.4 Å². The molecule has 1 aromatic rings. The van der Waals surface area contributed by atoms with E-state index in [0.29, 0.717) is 0 Å². The molecule has 1 aliphatic rings. The summed E-state index contributed by atoms with van der Waals surface area (Å²) in [5.41, 5.74) is 0.987. The molecular weight excluding hydrogens is 193 g/mol. The zero-order valence-electron chi connectivity index (χ0n) is 8.62. The van der Waals surface area contributed by atoms with E-state index in [1.165, 1.54) is 6.07 Å². The fraction of sp³-hybridized carbons (Fsp3) is 0.500. The molecule has 0 aromatic heterocycles. The highest BCUT2D eigenvalue weighted by Crippen LogP contribution is 2.29. The van der Waals surface area contributed by atoms with Crippen LogP contribution >= 0.6 is 0 Å². The van der Waals surface area contributed by atoms with E-state index in [2.05, 4.69) is 5.32 Å². The number of benzene rings is 1. The molecule has 15 heavy (non-hydrogen) atoms. The first-order chi connectivity index (χ1) is 7.31. The predicted octanol–water partition coefficient (Wildman–Crippen LogP) is 1.51. The van der Waals surface area contributed by atoms with Crippen LogP contribution in [0.5, 0.6) is 0 Å². The van der Waals surface area contributed by atoms with Crippen LogP contribution in [0.25, 0.3) is 0 Å². The van der Waals surface area contributed by atoms with Gasteiger partial charge in [-0.05, 0) is 36.6 Å². The molecule has 0 aliphatic carbocycles. The molecule has 1 saturated heterocycles. The highest BCUT2D eigenvalue weighted by Gasteiger charge is 2.25. The molecule has 0 bridgehead atoms. The average molecular weight is 209 g/mol. The number of hydrogen-bond donors (Lipinski definition) is 2. The van der Waals surface area contributed by atoms with Gasteiger partial charge in [0.05, 0.1) is 0 Å². The topological polar surface area (TPSA) is 32.3 Å². The van der Waals surface area contributed by atoms with Crippen LogP contribution in [0.4, 0.5) is 4.39 Å². The molecule has 0 amide bonds. The second-order valence-electron chi connectivity index (χ2n) is 4.10. The van der Waals surface area contributed by atoms with Crippen LogP contribution in [0.15, 0.2) is 24.3 Å². The summed E-state index contributed by atoms with van der Waals surface area (Å²) in [4.78, 5) is 0. The van der Waals surface area contributed by atoms with Crippen molar-refractivity contribution in [2.24, 2.45) is 5.92 Å². The van der Waals surface area contributed by atoms with Crippen molar-refractivity contribution in [1.82, 2.24) is 5.32 Å². The van der Waals surface area contributed by atoms with E-state index in [0.717, 1.165) is 25.1 Å². The van der Waals surface area contributed by atoms with E-state index in [9.17, 15) is 9.50 Å². The van der Waals surface area contributed by atoms with E-state index in [1.807, 2.05) is 6.07 Å². The maximum absolute atomic E-state index is 13.1. The smallest absolute Gasteiger partial charge is 0.123 e. The van der Waals surface area contributed by atoms with Gasteiger partial charge >= 0.3 is 0 Å². The minimum Gasteiger partial charge on any atom is -0.396 e. The van der Waals surface area contributed by atoms with Gasteiger partial charge in [0, 0.05) is 19.1 Å². The van der Waals surface area contributed by atoms with E-state index in [-0.39, 0.29) is 24.3 Å². The van der Waals surface area contributed by atoms with E-state index >= 15 is 0 Å². The Hall–Kier alpha value is -0.930. The summed E-state index contributed by atoms with van der Waals surface area (Å²) in [6.45, 7) is 1.95. The molecule has 2 unspecified atom stereocenters. The number of hydrogen-bond acceptors (Lipinski definition) is 2. The van der Waals surface area contributed by atoms with Gasteiger partial charge in [0.15, 0.2) is 0 Å². The molecule has 0 spiro atoms. The maximum Gasteiger partial charge on any atom is 0.123 e. The third-order valence-electron chi connectivity index (χ3n) is 3.14. The van der Waals surface area contributed by atoms with Crippen molar-refractivity contribution in [2.45, 2.75) is 12.3 Å². The Labute approximate surface area is 89.1 Å². The lowest BCUT2D eigenvalue weighted by atomic mass is 9.82. The van der Waals surface area contributed by atoms with Crippen molar-refractivity contribution in [2.75, 3.05) is 19.7 Å². The van der Waals surface area contributed by atoms with Crippen LogP contribution in [0.3, 0.4) is 0 Å². The van der Waals surface area contributed by atoms with E-state index in [4.69, 9.17) is 0 Å². The first-order valence-corrected chi connectivity index (χ1v) is 5.38. The molecule has 1 aromatic carbocycles. The Morgan fingerprint density at radius 1 is 1.47 bits per heavy atom. The molecule has 2 nitrogen and oxygen atoms in total. The minimum atomic E-state index is -0.199. The summed E-state index contributed by atoms with van der Waals surface area (Å²) in [6, 6.07) is 6.69. The van der Waals surface area contributed by atoms with Crippen LogP contribution < -0.4 is 5.32 Å². The number of nitrogens with one attached hydrogen (secondary N) is 1. The summed E-state index contributed by atoms with van der Waals surface area (Å²) in [5.74, 6) is 0.294. The number of aliphatic hydroxyl groups is 1. The number of halogens is 1. The normalized spacial score (nSPS) is 26.5. The largest absolute Gasteiger partial charge is 0.396 e. The van der Waals surface area contributed by atoms with Gasteiger partial charge in [0.1, 0.15) is 5.82 Å². The van der Waals surface area contributed by atoms with Gasteiger partial charge in [0.25, 0.3) is 0 Å². The van der Waals surface area contributed by atoms with Crippen molar-refractivity contribution in [3.05, 3.63) is 35.6 Å². The summed E-state index contributed by atoms with van der Waals surface area (Å²) in [6.07, 6.45) is 0.956. The second kappa shape index (κ2) is 4.73. The summed E-state index contributed by atoms with van der Waals surface area (Å²) < 4.78 is 13.1. The van der Waals surface area contributed by atoms with Crippen molar-refractivity contribution in [3.8, 4) is 0 Å². The van der Waals surface area contributed by atoms with Crippen LogP contribution in [0.1, 0.15) is 17.9 Å². The lowest BCUT2D eigenvalue weighted by molar-refractivity contribution is 0.176. The van der Waals surface area contributed by atoms with Gasteiger partial charge in [-0.25, -0.2) is 4.39 Å². The second-order valence-corrected chi connectivity index (χ2v) is 4.10. The number of rotatable bonds is 2. The Morgan fingerprint density at radius 3 is 3.07 bits per heavy atom. The Kier molecular flexibility index (Phi) is 3.34. The zero-order chi connectivity index (χ0) is 10.7. The molecule has 2 N–H and O–H groups in total. The Morgan fingerprint density at radius 2 is 2.33 bits per heavy atom. The molecule has 3 heteroatoms. The summed E-state index contributed by atoms with van der Waals surface area (Å²) in [5, 5.41) is 12.6. The Bertz CT molecular complexity index is 329. The quantitative estimate of drug-likeness (QED) is 0.774. The van der Waals surface area contributed by atoms with Crippen molar-refractivity contribution < 1.29 is 9.50 Å². The van der Waals surface area contributed by atoms with Gasteiger partial charge in [-0.3, -0.25) is 0 Å². The molecule has 2 atom stereocenters. The van der Waals surface area contributed by atoms with Crippen LogP contribution in [-0.4, -0.2) is 24.8 Å². The standard InChI is InChI=1S/C12H16FNO/c13-11-3-1-2-9(6-11)12-7-14-5-4-10(12)8-15/h1-3,6,10,12,14-15H,4-5,7-8H2. The molecule has 0 radical (unpaired) electrons. The maximum atomic E-state index is 13.1. The summed E-state index contributed by atoms with van der Waals surface area (Å²) >= 11 is 0. The van der Waals surface area contributed by atoms with Crippen LogP contribution in [-0.2, 0) is 0 Å². The molecule has 0 saturated carbocycles. The number of piperidine rings is 1. The molecule has 82 valence electrons. The van der Waals surface area contributed by atoms with Crippen molar-refractivity contribution in [1.29, 1.82) is 0 Å². The highest BCUT2D eigenvalue weighted by atomic mass is 19.1.